The van der Waals surface area contributed by atoms with Gasteiger partial charge in [0.1, 0.15) is 5.82 Å². The van der Waals surface area contributed by atoms with Crippen LogP contribution in [0.15, 0.2) is 42.6 Å². The van der Waals surface area contributed by atoms with E-state index < -0.39 is 0 Å². The van der Waals surface area contributed by atoms with Crippen molar-refractivity contribution in [1.29, 1.82) is 0 Å². The highest BCUT2D eigenvalue weighted by molar-refractivity contribution is 5.94. The van der Waals surface area contributed by atoms with E-state index in [1.165, 1.54) is 31.3 Å². The van der Waals surface area contributed by atoms with Gasteiger partial charge in [0.2, 0.25) is 0 Å². The first-order valence-electron chi connectivity index (χ1n) is 7.56. The van der Waals surface area contributed by atoms with E-state index in [1.807, 2.05) is 0 Å². The summed E-state index contributed by atoms with van der Waals surface area (Å²) in [6, 6.07) is 3.49. The molecule has 1 aliphatic carbocycles. The highest BCUT2D eigenvalue weighted by Gasteiger charge is 2.08. The van der Waals surface area contributed by atoms with Crippen LogP contribution in [-0.2, 0) is 0 Å². The number of anilines is 1. The topological polar surface area (TPSA) is 54.0 Å². The van der Waals surface area contributed by atoms with E-state index in [2.05, 4.69) is 28.3 Å². The number of aromatic nitrogens is 1. The Morgan fingerprint density at radius 2 is 2.33 bits per heavy atom. The molecule has 21 heavy (non-hydrogen) atoms. The molecule has 0 fully saturated rings. The van der Waals surface area contributed by atoms with E-state index in [1.54, 1.807) is 24.4 Å². The minimum atomic E-state index is -0.0459. The van der Waals surface area contributed by atoms with E-state index >= 15 is 0 Å². The molecular formula is C17H23N3O. The van der Waals surface area contributed by atoms with Crippen molar-refractivity contribution in [2.24, 2.45) is 0 Å². The van der Waals surface area contributed by atoms with Crippen LogP contribution in [0.3, 0.4) is 0 Å². The average molecular weight is 285 g/mol. The molecule has 0 spiro atoms. The van der Waals surface area contributed by atoms with Crippen LogP contribution in [0.5, 0.6) is 0 Å². The Kier molecular flexibility index (Phi) is 6.00. The van der Waals surface area contributed by atoms with Gasteiger partial charge in [0, 0.05) is 24.8 Å². The smallest absolute Gasteiger partial charge is 0.251 e. The average Bonchev–Trinajstić information content (AvgIpc) is 2.54. The summed E-state index contributed by atoms with van der Waals surface area (Å²) in [5, 5.41) is 6.05. The fraction of sp³-hybridized carbons (Fsp3) is 0.412. The van der Waals surface area contributed by atoms with Crippen molar-refractivity contribution < 1.29 is 4.79 Å². The maximum absolute atomic E-state index is 12.1. The molecule has 0 saturated carbocycles. The maximum atomic E-state index is 12.1. The summed E-state index contributed by atoms with van der Waals surface area (Å²) in [6.45, 7) is 4.97. The van der Waals surface area contributed by atoms with Gasteiger partial charge in [-0.05, 0) is 44.2 Å². The van der Waals surface area contributed by atoms with Gasteiger partial charge in [-0.25, -0.2) is 4.98 Å². The minimum absolute atomic E-state index is 0.0459. The molecule has 1 aromatic heterocycles. The molecule has 4 nitrogen and oxygen atoms in total. The van der Waals surface area contributed by atoms with Crippen molar-refractivity contribution in [2.75, 3.05) is 18.4 Å². The maximum Gasteiger partial charge on any atom is 0.251 e. The van der Waals surface area contributed by atoms with Crippen molar-refractivity contribution in [1.82, 2.24) is 10.3 Å². The Morgan fingerprint density at radius 1 is 1.43 bits per heavy atom. The summed E-state index contributed by atoms with van der Waals surface area (Å²) in [7, 11) is 0. The minimum Gasteiger partial charge on any atom is -0.367 e. The van der Waals surface area contributed by atoms with Crippen molar-refractivity contribution in [2.45, 2.75) is 32.1 Å². The third-order valence-electron chi connectivity index (χ3n) is 3.57. The lowest BCUT2D eigenvalue weighted by Crippen LogP contribution is -2.25. The van der Waals surface area contributed by atoms with Gasteiger partial charge in [0.25, 0.3) is 5.91 Å². The van der Waals surface area contributed by atoms with Crippen LogP contribution < -0.4 is 10.6 Å². The number of carbonyl (C=O) groups is 1. The second kappa shape index (κ2) is 8.25. The first kappa shape index (κ1) is 15.3. The normalized spacial score (nSPS) is 14.2. The monoisotopic (exact) mass is 285 g/mol. The number of hydrogen-bond donors (Lipinski definition) is 2. The quantitative estimate of drug-likeness (QED) is 0.756. The number of pyridine rings is 1. The molecule has 1 aliphatic rings. The van der Waals surface area contributed by atoms with Crippen molar-refractivity contribution in [3.05, 3.63) is 48.2 Å². The van der Waals surface area contributed by atoms with Gasteiger partial charge in [0.15, 0.2) is 0 Å². The van der Waals surface area contributed by atoms with Gasteiger partial charge in [-0.1, -0.05) is 17.7 Å². The van der Waals surface area contributed by atoms with Crippen molar-refractivity contribution >= 4 is 11.7 Å². The van der Waals surface area contributed by atoms with Gasteiger partial charge in [-0.3, -0.25) is 4.79 Å². The number of rotatable bonds is 7. The van der Waals surface area contributed by atoms with Crippen LogP contribution in [0.4, 0.5) is 5.82 Å². The molecule has 0 unspecified atom stereocenters. The highest BCUT2D eigenvalue weighted by Crippen LogP contribution is 2.19. The molecule has 1 heterocycles. The second-order valence-electron chi connectivity index (χ2n) is 5.21. The largest absolute Gasteiger partial charge is 0.367 e. The molecule has 0 bridgehead atoms. The second-order valence-corrected chi connectivity index (χ2v) is 5.21. The van der Waals surface area contributed by atoms with Gasteiger partial charge < -0.3 is 10.6 Å². The molecule has 112 valence electrons. The molecule has 1 amide bonds. The van der Waals surface area contributed by atoms with E-state index in [4.69, 9.17) is 0 Å². The summed E-state index contributed by atoms with van der Waals surface area (Å²) in [5.74, 6) is 0.646. The van der Waals surface area contributed by atoms with E-state index in [0.717, 1.165) is 6.42 Å². The lowest BCUT2D eigenvalue weighted by atomic mass is 9.97. The molecule has 0 aliphatic heterocycles. The molecule has 1 aromatic rings. The number of allylic oxidation sites excluding steroid dienone is 1. The van der Waals surface area contributed by atoms with Gasteiger partial charge in [0.05, 0.1) is 0 Å². The predicted molar refractivity (Wildman–Crippen MR) is 86.4 cm³/mol. The molecule has 0 aromatic carbocycles. The van der Waals surface area contributed by atoms with Crippen LogP contribution in [0, 0.1) is 0 Å². The number of amides is 1. The molecule has 0 saturated heterocycles. The SMILES string of the molecule is C=CCNc1cc(C(=O)NCCC2=CCCCC2)ccn1. The zero-order valence-electron chi connectivity index (χ0n) is 12.4. The Hall–Kier alpha value is -2.10. The molecule has 0 atom stereocenters. The van der Waals surface area contributed by atoms with Crippen LogP contribution in [-0.4, -0.2) is 24.0 Å². The lowest BCUT2D eigenvalue weighted by Gasteiger charge is -2.13. The Labute approximate surface area is 126 Å². The summed E-state index contributed by atoms with van der Waals surface area (Å²) in [4.78, 5) is 16.3. The molecule has 2 N–H and O–H groups in total. The predicted octanol–water partition coefficient (Wildman–Crippen LogP) is 3.30. The highest BCUT2D eigenvalue weighted by atomic mass is 16.1. The zero-order chi connectivity index (χ0) is 14.9. The molecule has 4 heteroatoms. The van der Waals surface area contributed by atoms with Crippen LogP contribution in [0.2, 0.25) is 0 Å². The van der Waals surface area contributed by atoms with E-state index in [9.17, 15) is 4.79 Å². The van der Waals surface area contributed by atoms with Gasteiger partial charge >= 0.3 is 0 Å². The Bertz CT molecular complexity index is 523. The number of nitrogens with one attached hydrogen (secondary N) is 2. The van der Waals surface area contributed by atoms with Crippen LogP contribution in [0.25, 0.3) is 0 Å². The van der Waals surface area contributed by atoms with Gasteiger partial charge in [-0.15, -0.1) is 6.58 Å². The third-order valence-corrected chi connectivity index (χ3v) is 3.57. The number of nitrogens with zero attached hydrogens (tertiary/aromatic N) is 1. The van der Waals surface area contributed by atoms with Crippen LogP contribution in [0.1, 0.15) is 42.5 Å². The summed E-state index contributed by atoms with van der Waals surface area (Å²) in [5.41, 5.74) is 2.11. The van der Waals surface area contributed by atoms with Gasteiger partial charge in [-0.2, -0.15) is 0 Å². The van der Waals surface area contributed by atoms with Crippen molar-refractivity contribution in [3.63, 3.8) is 0 Å². The summed E-state index contributed by atoms with van der Waals surface area (Å²) < 4.78 is 0. The first-order chi connectivity index (χ1) is 10.3. The fourth-order valence-electron chi connectivity index (χ4n) is 2.42. The summed E-state index contributed by atoms with van der Waals surface area (Å²) in [6.07, 6.45) is 11.6. The molecule has 0 radical (unpaired) electrons. The van der Waals surface area contributed by atoms with Crippen molar-refractivity contribution in [3.8, 4) is 0 Å². The third kappa shape index (κ3) is 5.06. The first-order valence-corrected chi connectivity index (χ1v) is 7.56. The number of hydrogen-bond acceptors (Lipinski definition) is 3. The summed E-state index contributed by atoms with van der Waals surface area (Å²) >= 11 is 0. The Balaban J connectivity index is 1.82. The lowest BCUT2D eigenvalue weighted by molar-refractivity contribution is 0.0954. The van der Waals surface area contributed by atoms with E-state index in [0.29, 0.717) is 24.5 Å². The van der Waals surface area contributed by atoms with E-state index in [-0.39, 0.29) is 5.91 Å². The standard InChI is InChI=1S/C17H23N3O/c1-2-10-18-16-13-15(9-12-19-16)17(21)20-11-8-14-6-4-3-5-7-14/h2,6,9,12-13H,1,3-5,7-8,10-11H2,(H,18,19)(H,20,21). The van der Waals surface area contributed by atoms with Crippen LogP contribution >= 0.6 is 0 Å². The molecule has 2 rings (SSSR count). The zero-order valence-corrected chi connectivity index (χ0v) is 12.4. The molecular weight excluding hydrogens is 262 g/mol. The number of carbonyl (C=O) groups excluding carboxylic acids is 1. The Morgan fingerprint density at radius 3 is 3.10 bits per heavy atom. The fourth-order valence-corrected chi connectivity index (χ4v) is 2.42.